The molecule has 0 aliphatic heterocycles. The molecule has 2 aromatic carbocycles. The minimum atomic E-state index is -0.185. The SMILES string of the molecule is CCc1ccc(-n2c(C)nnc2SCc2ccccc2F)cc1. The molecule has 23 heavy (non-hydrogen) atoms. The van der Waals surface area contributed by atoms with Gasteiger partial charge in [-0.15, -0.1) is 10.2 Å². The summed E-state index contributed by atoms with van der Waals surface area (Å²) in [6.07, 6.45) is 1.01. The topological polar surface area (TPSA) is 30.7 Å². The van der Waals surface area contributed by atoms with Crippen LogP contribution in [0.2, 0.25) is 0 Å². The highest BCUT2D eigenvalue weighted by Gasteiger charge is 2.12. The number of rotatable bonds is 5. The Bertz CT molecular complexity index is 796. The first kappa shape index (κ1) is 15.7. The van der Waals surface area contributed by atoms with Gasteiger partial charge in [0.05, 0.1) is 0 Å². The molecule has 3 rings (SSSR count). The van der Waals surface area contributed by atoms with Gasteiger partial charge >= 0.3 is 0 Å². The smallest absolute Gasteiger partial charge is 0.196 e. The molecule has 3 aromatic rings. The monoisotopic (exact) mass is 327 g/mol. The Kier molecular flexibility index (Phi) is 4.76. The molecule has 0 aliphatic rings. The minimum Gasteiger partial charge on any atom is -0.274 e. The maximum absolute atomic E-state index is 13.7. The molecule has 0 atom stereocenters. The van der Waals surface area contributed by atoms with Crippen molar-refractivity contribution in [2.75, 3.05) is 0 Å². The van der Waals surface area contributed by atoms with E-state index in [0.29, 0.717) is 11.3 Å². The number of hydrogen-bond donors (Lipinski definition) is 0. The molecular weight excluding hydrogens is 309 g/mol. The van der Waals surface area contributed by atoms with Crippen LogP contribution in [0.5, 0.6) is 0 Å². The van der Waals surface area contributed by atoms with Crippen molar-refractivity contribution in [1.29, 1.82) is 0 Å². The van der Waals surface area contributed by atoms with Crippen LogP contribution in [-0.4, -0.2) is 14.8 Å². The maximum atomic E-state index is 13.7. The van der Waals surface area contributed by atoms with E-state index in [4.69, 9.17) is 0 Å². The van der Waals surface area contributed by atoms with Gasteiger partial charge in [0.1, 0.15) is 11.6 Å². The summed E-state index contributed by atoms with van der Waals surface area (Å²) >= 11 is 1.49. The van der Waals surface area contributed by atoms with E-state index < -0.39 is 0 Å². The number of thioether (sulfide) groups is 1. The van der Waals surface area contributed by atoms with Crippen LogP contribution in [0.25, 0.3) is 5.69 Å². The number of aromatic nitrogens is 3. The van der Waals surface area contributed by atoms with Gasteiger partial charge in [0, 0.05) is 11.4 Å². The molecular formula is C18H18FN3S. The van der Waals surface area contributed by atoms with Crippen molar-refractivity contribution >= 4 is 11.8 Å². The lowest BCUT2D eigenvalue weighted by Crippen LogP contribution is -2.00. The fourth-order valence-electron chi connectivity index (χ4n) is 2.37. The zero-order valence-corrected chi connectivity index (χ0v) is 14.0. The molecule has 5 heteroatoms. The lowest BCUT2D eigenvalue weighted by Gasteiger charge is -2.09. The van der Waals surface area contributed by atoms with Gasteiger partial charge in [0.15, 0.2) is 5.16 Å². The molecule has 0 bridgehead atoms. The zero-order chi connectivity index (χ0) is 16.2. The van der Waals surface area contributed by atoms with Crippen LogP contribution in [0.3, 0.4) is 0 Å². The van der Waals surface area contributed by atoms with Crippen LogP contribution in [0, 0.1) is 12.7 Å². The largest absolute Gasteiger partial charge is 0.274 e. The van der Waals surface area contributed by atoms with Gasteiger partial charge < -0.3 is 0 Å². The van der Waals surface area contributed by atoms with E-state index in [1.807, 2.05) is 17.6 Å². The summed E-state index contributed by atoms with van der Waals surface area (Å²) in [7, 11) is 0. The third-order valence-electron chi connectivity index (χ3n) is 3.71. The van der Waals surface area contributed by atoms with Gasteiger partial charge in [-0.1, -0.05) is 49.0 Å². The predicted octanol–water partition coefficient (Wildman–Crippen LogP) is 4.57. The first-order valence-corrected chi connectivity index (χ1v) is 8.55. The molecule has 0 fully saturated rings. The van der Waals surface area contributed by atoms with Gasteiger partial charge in [-0.2, -0.15) is 0 Å². The lowest BCUT2D eigenvalue weighted by atomic mass is 10.1. The second-order valence-corrected chi connectivity index (χ2v) is 6.21. The Labute approximate surface area is 139 Å². The second kappa shape index (κ2) is 6.96. The van der Waals surface area contributed by atoms with E-state index in [2.05, 4.69) is 41.4 Å². The molecule has 3 nitrogen and oxygen atoms in total. The predicted molar refractivity (Wildman–Crippen MR) is 91.4 cm³/mol. The van der Waals surface area contributed by atoms with Crippen LogP contribution in [-0.2, 0) is 12.2 Å². The second-order valence-electron chi connectivity index (χ2n) is 5.27. The molecule has 0 amide bonds. The van der Waals surface area contributed by atoms with Crippen LogP contribution < -0.4 is 0 Å². The number of nitrogens with zero attached hydrogens (tertiary/aromatic N) is 3. The van der Waals surface area contributed by atoms with Crippen LogP contribution >= 0.6 is 11.8 Å². The summed E-state index contributed by atoms with van der Waals surface area (Å²) in [5.74, 6) is 1.16. The maximum Gasteiger partial charge on any atom is 0.196 e. The van der Waals surface area contributed by atoms with E-state index in [1.165, 1.54) is 23.4 Å². The molecule has 118 valence electrons. The Balaban J connectivity index is 1.85. The summed E-state index contributed by atoms with van der Waals surface area (Å²) in [6, 6.07) is 15.2. The quantitative estimate of drug-likeness (QED) is 0.643. The summed E-state index contributed by atoms with van der Waals surface area (Å²) < 4.78 is 15.8. The average Bonchev–Trinajstić information content (AvgIpc) is 2.95. The summed E-state index contributed by atoms with van der Waals surface area (Å²) in [6.45, 7) is 4.06. The summed E-state index contributed by atoms with van der Waals surface area (Å²) in [4.78, 5) is 0. The Morgan fingerprint density at radius 1 is 1.04 bits per heavy atom. The van der Waals surface area contributed by atoms with Crippen molar-refractivity contribution in [1.82, 2.24) is 14.8 Å². The number of benzene rings is 2. The van der Waals surface area contributed by atoms with E-state index in [-0.39, 0.29) is 5.82 Å². The summed E-state index contributed by atoms with van der Waals surface area (Å²) in [5, 5.41) is 9.17. The Hall–Kier alpha value is -2.14. The van der Waals surface area contributed by atoms with Gasteiger partial charge in [0.25, 0.3) is 0 Å². The van der Waals surface area contributed by atoms with Crippen LogP contribution in [0.15, 0.2) is 53.7 Å². The standard InChI is InChI=1S/C18H18FN3S/c1-3-14-8-10-16(11-9-14)22-13(2)20-21-18(22)23-12-15-6-4-5-7-17(15)19/h4-11H,3,12H2,1-2H3. The van der Waals surface area contributed by atoms with Crippen molar-refractivity contribution < 1.29 is 4.39 Å². The Morgan fingerprint density at radius 2 is 1.78 bits per heavy atom. The highest BCUT2D eigenvalue weighted by Crippen LogP contribution is 2.26. The third-order valence-corrected chi connectivity index (χ3v) is 4.69. The molecule has 0 saturated heterocycles. The summed E-state index contributed by atoms with van der Waals surface area (Å²) in [5.41, 5.74) is 2.99. The molecule has 0 unspecified atom stereocenters. The fraction of sp³-hybridized carbons (Fsp3) is 0.222. The van der Waals surface area contributed by atoms with E-state index in [9.17, 15) is 4.39 Å². The van der Waals surface area contributed by atoms with Crippen LogP contribution in [0.4, 0.5) is 4.39 Å². The number of aryl methyl sites for hydroxylation is 2. The van der Waals surface area contributed by atoms with Crippen molar-refractivity contribution in [2.45, 2.75) is 31.2 Å². The van der Waals surface area contributed by atoms with Crippen molar-refractivity contribution in [3.63, 3.8) is 0 Å². The van der Waals surface area contributed by atoms with E-state index in [0.717, 1.165) is 23.1 Å². The molecule has 1 heterocycles. The normalized spacial score (nSPS) is 10.9. The lowest BCUT2D eigenvalue weighted by molar-refractivity contribution is 0.617. The zero-order valence-electron chi connectivity index (χ0n) is 13.2. The molecule has 0 saturated carbocycles. The average molecular weight is 327 g/mol. The van der Waals surface area contributed by atoms with Gasteiger partial charge in [-0.25, -0.2) is 4.39 Å². The highest BCUT2D eigenvalue weighted by molar-refractivity contribution is 7.98. The molecule has 0 N–H and O–H groups in total. The van der Waals surface area contributed by atoms with Gasteiger partial charge in [-0.05, 0) is 42.7 Å². The number of halogens is 1. The number of hydrogen-bond acceptors (Lipinski definition) is 3. The van der Waals surface area contributed by atoms with Gasteiger partial charge in [-0.3, -0.25) is 4.57 Å². The highest BCUT2D eigenvalue weighted by atomic mass is 32.2. The first-order chi connectivity index (χ1) is 11.2. The fourth-order valence-corrected chi connectivity index (χ4v) is 3.36. The van der Waals surface area contributed by atoms with E-state index in [1.54, 1.807) is 12.1 Å². The van der Waals surface area contributed by atoms with E-state index >= 15 is 0 Å². The molecule has 0 aliphatic carbocycles. The van der Waals surface area contributed by atoms with Crippen molar-refractivity contribution in [3.05, 3.63) is 71.3 Å². The molecule has 0 spiro atoms. The van der Waals surface area contributed by atoms with Crippen molar-refractivity contribution in [2.24, 2.45) is 0 Å². The third kappa shape index (κ3) is 3.45. The minimum absolute atomic E-state index is 0.185. The molecule has 1 aromatic heterocycles. The molecule has 0 radical (unpaired) electrons. The first-order valence-electron chi connectivity index (χ1n) is 7.56. The Morgan fingerprint density at radius 3 is 2.48 bits per heavy atom. The van der Waals surface area contributed by atoms with Crippen molar-refractivity contribution in [3.8, 4) is 5.69 Å². The van der Waals surface area contributed by atoms with Crippen LogP contribution in [0.1, 0.15) is 23.9 Å². The van der Waals surface area contributed by atoms with Gasteiger partial charge in [0.2, 0.25) is 0 Å².